The Morgan fingerprint density at radius 3 is 2.53 bits per heavy atom. The van der Waals surface area contributed by atoms with Crippen LogP contribution in [-0.4, -0.2) is 25.2 Å². The first kappa shape index (κ1) is 14.0. The van der Waals surface area contributed by atoms with Gasteiger partial charge in [0.1, 0.15) is 5.82 Å². The third kappa shape index (κ3) is 5.18. The van der Waals surface area contributed by atoms with Gasteiger partial charge in [-0.25, -0.2) is 4.39 Å². The maximum atomic E-state index is 13.1. The lowest BCUT2D eigenvalue weighted by molar-refractivity contribution is 0.429. The molecule has 0 saturated carbocycles. The van der Waals surface area contributed by atoms with Crippen LogP contribution < -0.4 is 10.2 Å². The van der Waals surface area contributed by atoms with Crippen LogP contribution in [0, 0.1) is 5.82 Å². The molecule has 0 atom stereocenters. The zero-order valence-corrected chi connectivity index (χ0v) is 11.3. The first-order valence-corrected chi connectivity index (χ1v) is 6.18. The first-order valence-electron chi connectivity index (χ1n) is 6.18. The number of hydrogen-bond acceptors (Lipinski definition) is 2. The summed E-state index contributed by atoms with van der Waals surface area (Å²) in [5, 5.41) is 3.44. The van der Waals surface area contributed by atoms with E-state index in [1.807, 2.05) is 6.07 Å². The Morgan fingerprint density at radius 1 is 1.29 bits per heavy atom. The van der Waals surface area contributed by atoms with Crippen molar-refractivity contribution in [1.29, 1.82) is 0 Å². The fraction of sp³-hybridized carbons (Fsp3) is 0.571. The van der Waals surface area contributed by atoms with Crippen molar-refractivity contribution in [1.82, 2.24) is 5.32 Å². The number of nitrogens with one attached hydrogen (secondary N) is 1. The Balaban J connectivity index is 2.54. The molecule has 1 aromatic rings. The molecule has 2 nitrogen and oxygen atoms in total. The van der Waals surface area contributed by atoms with E-state index in [0.717, 1.165) is 25.3 Å². The molecule has 0 aromatic heterocycles. The lowest BCUT2D eigenvalue weighted by atomic mass is 10.1. The molecule has 0 aliphatic heterocycles. The topological polar surface area (TPSA) is 15.3 Å². The van der Waals surface area contributed by atoms with Crippen LogP contribution in [0.1, 0.15) is 27.7 Å². The Kier molecular flexibility index (Phi) is 4.94. The summed E-state index contributed by atoms with van der Waals surface area (Å²) in [5.41, 5.74) is 1.07. The van der Waals surface area contributed by atoms with Gasteiger partial charge < -0.3 is 10.2 Å². The maximum Gasteiger partial charge on any atom is 0.125 e. The molecular weight excluding hydrogens is 215 g/mol. The Morgan fingerprint density at radius 2 is 2.00 bits per heavy atom. The van der Waals surface area contributed by atoms with E-state index in [4.69, 9.17) is 0 Å². The quantitative estimate of drug-likeness (QED) is 0.848. The Bertz CT molecular complexity index is 344. The fourth-order valence-corrected chi connectivity index (χ4v) is 1.71. The van der Waals surface area contributed by atoms with Gasteiger partial charge in [0.2, 0.25) is 0 Å². The SMILES string of the molecule is CCN(CCNC(C)(C)C)c1cccc(F)c1. The molecule has 96 valence electrons. The molecule has 3 heteroatoms. The number of anilines is 1. The van der Waals surface area contributed by atoms with Gasteiger partial charge >= 0.3 is 0 Å². The normalized spacial score (nSPS) is 11.6. The predicted molar refractivity (Wildman–Crippen MR) is 72.0 cm³/mol. The lowest BCUT2D eigenvalue weighted by Crippen LogP contribution is -2.41. The van der Waals surface area contributed by atoms with Crippen LogP contribution in [0.4, 0.5) is 10.1 Å². The number of rotatable bonds is 5. The highest BCUT2D eigenvalue weighted by Gasteiger charge is 2.10. The third-order valence-electron chi connectivity index (χ3n) is 2.59. The molecule has 0 amide bonds. The number of nitrogens with zero attached hydrogens (tertiary/aromatic N) is 1. The first-order chi connectivity index (χ1) is 7.92. The lowest BCUT2D eigenvalue weighted by Gasteiger charge is -2.26. The van der Waals surface area contributed by atoms with Gasteiger partial charge in [0.05, 0.1) is 0 Å². The van der Waals surface area contributed by atoms with Gasteiger partial charge in [-0.2, -0.15) is 0 Å². The van der Waals surface area contributed by atoms with Crippen molar-refractivity contribution >= 4 is 5.69 Å². The average molecular weight is 238 g/mol. The molecule has 0 saturated heterocycles. The van der Waals surface area contributed by atoms with Crippen molar-refractivity contribution in [3.63, 3.8) is 0 Å². The highest BCUT2D eigenvalue weighted by Crippen LogP contribution is 2.14. The second-order valence-corrected chi connectivity index (χ2v) is 5.24. The molecule has 0 bridgehead atoms. The summed E-state index contributed by atoms with van der Waals surface area (Å²) >= 11 is 0. The molecule has 0 aliphatic carbocycles. The second kappa shape index (κ2) is 6.01. The number of benzene rings is 1. The monoisotopic (exact) mass is 238 g/mol. The van der Waals surface area contributed by atoms with Crippen LogP contribution in [0.2, 0.25) is 0 Å². The standard InChI is InChI=1S/C14H23FN2/c1-5-17(10-9-16-14(2,3)4)13-8-6-7-12(15)11-13/h6-8,11,16H,5,9-10H2,1-4H3. The summed E-state index contributed by atoms with van der Waals surface area (Å²) in [4.78, 5) is 2.17. The van der Waals surface area contributed by atoms with E-state index in [1.54, 1.807) is 12.1 Å². The van der Waals surface area contributed by atoms with Gasteiger partial charge in [-0.1, -0.05) is 6.07 Å². The molecule has 1 rings (SSSR count). The highest BCUT2D eigenvalue weighted by atomic mass is 19.1. The molecule has 1 aromatic carbocycles. The summed E-state index contributed by atoms with van der Waals surface area (Å²) in [6, 6.07) is 6.76. The van der Waals surface area contributed by atoms with Crippen LogP contribution in [0.25, 0.3) is 0 Å². The van der Waals surface area contributed by atoms with Gasteiger partial charge in [-0.3, -0.25) is 0 Å². The van der Waals surface area contributed by atoms with Gasteiger partial charge in [0.15, 0.2) is 0 Å². The van der Waals surface area contributed by atoms with Crippen molar-refractivity contribution in [3.8, 4) is 0 Å². The summed E-state index contributed by atoms with van der Waals surface area (Å²) in [6.45, 7) is 11.2. The molecule has 0 aliphatic rings. The minimum absolute atomic E-state index is 0.126. The van der Waals surface area contributed by atoms with Gasteiger partial charge in [0.25, 0.3) is 0 Å². The van der Waals surface area contributed by atoms with Crippen LogP contribution in [0.3, 0.4) is 0 Å². The van der Waals surface area contributed by atoms with E-state index >= 15 is 0 Å². The molecule has 0 fully saturated rings. The van der Waals surface area contributed by atoms with E-state index in [9.17, 15) is 4.39 Å². The maximum absolute atomic E-state index is 13.1. The molecule has 0 heterocycles. The zero-order chi connectivity index (χ0) is 12.9. The Hall–Kier alpha value is -1.09. The fourth-order valence-electron chi connectivity index (χ4n) is 1.71. The average Bonchev–Trinajstić information content (AvgIpc) is 2.23. The van der Waals surface area contributed by atoms with E-state index in [1.165, 1.54) is 6.07 Å². The molecular formula is C14H23FN2. The van der Waals surface area contributed by atoms with Crippen LogP contribution in [0.15, 0.2) is 24.3 Å². The second-order valence-electron chi connectivity index (χ2n) is 5.24. The van der Waals surface area contributed by atoms with Crippen LogP contribution >= 0.6 is 0 Å². The smallest absolute Gasteiger partial charge is 0.125 e. The van der Waals surface area contributed by atoms with E-state index < -0.39 is 0 Å². The summed E-state index contributed by atoms with van der Waals surface area (Å²) in [5.74, 6) is -0.176. The van der Waals surface area contributed by atoms with Crippen molar-refractivity contribution in [3.05, 3.63) is 30.1 Å². The van der Waals surface area contributed by atoms with Gasteiger partial charge in [0, 0.05) is 30.9 Å². The Labute approximate surface area is 104 Å². The van der Waals surface area contributed by atoms with E-state index in [-0.39, 0.29) is 11.4 Å². The molecule has 0 unspecified atom stereocenters. The van der Waals surface area contributed by atoms with E-state index in [0.29, 0.717) is 0 Å². The molecule has 1 N–H and O–H groups in total. The number of likely N-dealkylation sites (N-methyl/N-ethyl adjacent to an activating group) is 1. The van der Waals surface area contributed by atoms with Crippen LogP contribution in [0.5, 0.6) is 0 Å². The van der Waals surface area contributed by atoms with Gasteiger partial charge in [-0.15, -0.1) is 0 Å². The largest absolute Gasteiger partial charge is 0.370 e. The minimum atomic E-state index is -0.176. The molecule has 0 radical (unpaired) electrons. The van der Waals surface area contributed by atoms with Crippen molar-refractivity contribution in [2.45, 2.75) is 33.2 Å². The van der Waals surface area contributed by atoms with E-state index in [2.05, 4.69) is 37.9 Å². The predicted octanol–water partition coefficient (Wildman–Crippen LogP) is 3.04. The summed E-state index contributed by atoms with van der Waals surface area (Å²) < 4.78 is 13.1. The van der Waals surface area contributed by atoms with Crippen molar-refractivity contribution in [2.75, 3.05) is 24.5 Å². The van der Waals surface area contributed by atoms with Crippen LogP contribution in [-0.2, 0) is 0 Å². The minimum Gasteiger partial charge on any atom is -0.370 e. The summed E-state index contributed by atoms with van der Waals surface area (Å²) in [7, 11) is 0. The number of hydrogen-bond donors (Lipinski definition) is 1. The molecule has 17 heavy (non-hydrogen) atoms. The zero-order valence-electron chi connectivity index (χ0n) is 11.3. The molecule has 0 spiro atoms. The highest BCUT2D eigenvalue weighted by molar-refractivity contribution is 5.46. The summed E-state index contributed by atoms with van der Waals surface area (Å²) in [6.07, 6.45) is 0. The van der Waals surface area contributed by atoms with Gasteiger partial charge in [-0.05, 0) is 45.9 Å². The van der Waals surface area contributed by atoms with Crippen molar-refractivity contribution in [2.24, 2.45) is 0 Å². The number of halogens is 1. The third-order valence-corrected chi connectivity index (χ3v) is 2.59. The van der Waals surface area contributed by atoms with Crippen molar-refractivity contribution < 1.29 is 4.39 Å².